The second-order valence-electron chi connectivity index (χ2n) is 9.59. The van der Waals surface area contributed by atoms with Crippen molar-refractivity contribution in [1.82, 2.24) is 4.98 Å². The molecule has 0 spiro atoms. The van der Waals surface area contributed by atoms with Gasteiger partial charge in [0.05, 0.1) is 13.0 Å². The Hall–Kier alpha value is -4.14. The molecule has 39 heavy (non-hydrogen) atoms. The molecular weight excluding hydrogens is 502 g/mol. The number of hydrogen-bond donors (Lipinski definition) is 0. The maximum Gasteiger partial charge on any atom is 0.309 e. The van der Waals surface area contributed by atoms with Gasteiger partial charge in [0.1, 0.15) is 18.0 Å². The highest BCUT2D eigenvalue weighted by molar-refractivity contribution is 5.99. The topological polar surface area (TPSA) is 110 Å². The lowest BCUT2D eigenvalue weighted by Crippen LogP contribution is -2.38. The molecule has 3 atom stereocenters. The Kier molecular flexibility index (Phi) is 10.3. The molecular formula is C30H35NO8. The molecule has 0 fully saturated rings. The molecule has 3 rings (SSSR count). The van der Waals surface area contributed by atoms with Gasteiger partial charge in [0.2, 0.25) is 6.79 Å². The number of esters is 2. The van der Waals surface area contributed by atoms with Crippen LogP contribution in [0.3, 0.4) is 0 Å². The monoisotopic (exact) mass is 537 g/mol. The molecule has 0 saturated carbocycles. The number of ketones is 1. The lowest BCUT2D eigenvalue weighted by molar-refractivity contribution is -0.158. The first-order valence-electron chi connectivity index (χ1n) is 12.8. The van der Waals surface area contributed by atoms with E-state index in [4.69, 9.17) is 23.7 Å². The van der Waals surface area contributed by atoms with E-state index < -0.39 is 42.6 Å². The Morgan fingerprint density at radius 1 is 0.949 bits per heavy atom. The SMILES string of the molecule is COc1ccnc(C(=O)C[C@@H](C)C(=O)O[C@@H](C)[C@H](Oc2ccc3ccccc3c2)C(C)C)c1OCOC(C)=O. The molecule has 9 heteroatoms. The van der Waals surface area contributed by atoms with Gasteiger partial charge in [0.25, 0.3) is 0 Å². The van der Waals surface area contributed by atoms with E-state index >= 15 is 0 Å². The summed E-state index contributed by atoms with van der Waals surface area (Å²) in [4.78, 5) is 41.2. The van der Waals surface area contributed by atoms with E-state index in [-0.39, 0.29) is 29.5 Å². The minimum Gasteiger partial charge on any atom is -0.493 e. The van der Waals surface area contributed by atoms with Crippen LogP contribution in [0.15, 0.2) is 54.7 Å². The van der Waals surface area contributed by atoms with E-state index in [1.165, 1.54) is 26.3 Å². The van der Waals surface area contributed by atoms with Gasteiger partial charge in [-0.1, -0.05) is 51.1 Å². The smallest absolute Gasteiger partial charge is 0.309 e. The van der Waals surface area contributed by atoms with Crippen molar-refractivity contribution in [3.8, 4) is 17.2 Å². The van der Waals surface area contributed by atoms with Crippen molar-refractivity contribution < 1.29 is 38.1 Å². The Balaban J connectivity index is 1.66. The highest BCUT2D eigenvalue weighted by atomic mass is 16.7. The minimum atomic E-state index is -0.761. The van der Waals surface area contributed by atoms with Crippen molar-refractivity contribution in [2.24, 2.45) is 11.8 Å². The number of Topliss-reactive ketones (excluding diaryl/α,β-unsaturated/α-hetero) is 1. The van der Waals surface area contributed by atoms with Crippen LogP contribution in [0.1, 0.15) is 51.5 Å². The highest BCUT2D eigenvalue weighted by Crippen LogP contribution is 2.31. The van der Waals surface area contributed by atoms with E-state index in [0.717, 1.165) is 10.8 Å². The number of pyridine rings is 1. The molecule has 0 unspecified atom stereocenters. The number of aromatic nitrogens is 1. The Morgan fingerprint density at radius 3 is 2.33 bits per heavy atom. The third-order valence-electron chi connectivity index (χ3n) is 6.13. The Bertz CT molecular complexity index is 1310. The van der Waals surface area contributed by atoms with E-state index in [1.807, 2.05) is 56.3 Å². The maximum atomic E-state index is 13.1. The van der Waals surface area contributed by atoms with Gasteiger partial charge in [0.15, 0.2) is 23.0 Å². The largest absolute Gasteiger partial charge is 0.493 e. The van der Waals surface area contributed by atoms with Crippen molar-refractivity contribution in [1.29, 1.82) is 0 Å². The van der Waals surface area contributed by atoms with Gasteiger partial charge in [0, 0.05) is 25.6 Å². The third kappa shape index (κ3) is 7.92. The van der Waals surface area contributed by atoms with Crippen LogP contribution in [-0.4, -0.2) is 48.8 Å². The summed E-state index contributed by atoms with van der Waals surface area (Å²) in [6.45, 7) is 8.20. The van der Waals surface area contributed by atoms with Crippen LogP contribution in [0.25, 0.3) is 10.8 Å². The maximum absolute atomic E-state index is 13.1. The second-order valence-corrected chi connectivity index (χ2v) is 9.59. The first kappa shape index (κ1) is 29.4. The first-order valence-corrected chi connectivity index (χ1v) is 12.8. The van der Waals surface area contributed by atoms with Crippen LogP contribution >= 0.6 is 0 Å². The van der Waals surface area contributed by atoms with Gasteiger partial charge < -0.3 is 23.7 Å². The molecule has 2 aromatic carbocycles. The predicted octanol–water partition coefficient (Wildman–Crippen LogP) is 5.39. The zero-order valence-electron chi connectivity index (χ0n) is 23.1. The number of carbonyl (C=O) groups is 3. The Labute approximate surface area is 228 Å². The van der Waals surface area contributed by atoms with E-state index in [2.05, 4.69) is 4.98 Å². The van der Waals surface area contributed by atoms with Crippen molar-refractivity contribution in [3.63, 3.8) is 0 Å². The number of nitrogens with zero attached hydrogens (tertiary/aromatic N) is 1. The van der Waals surface area contributed by atoms with Gasteiger partial charge in [-0.2, -0.15) is 0 Å². The van der Waals surface area contributed by atoms with Gasteiger partial charge in [-0.3, -0.25) is 14.4 Å². The molecule has 9 nitrogen and oxygen atoms in total. The quantitative estimate of drug-likeness (QED) is 0.161. The molecule has 0 N–H and O–H groups in total. The molecule has 0 aliphatic carbocycles. The van der Waals surface area contributed by atoms with Crippen LogP contribution in [0, 0.1) is 11.8 Å². The highest BCUT2D eigenvalue weighted by Gasteiger charge is 2.30. The number of rotatable bonds is 13. The summed E-state index contributed by atoms with van der Waals surface area (Å²) in [5, 5.41) is 2.16. The van der Waals surface area contributed by atoms with Crippen molar-refractivity contribution in [2.75, 3.05) is 13.9 Å². The Morgan fingerprint density at radius 2 is 1.67 bits per heavy atom. The lowest BCUT2D eigenvalue weighted by atomic mass is 10.0. The molecule has 0 radical (unpaired) electrons. The van der Waals surface area contributed by atoms with E-state index in [1.54, 1.807) is 13.8 Å². The second kappa shape index (κ2) is 13.6. The number of fused-ring (bicyclic) bond motifs is 1. The van der Waals surface area contributed by atoms with E-state index in [9.17, 15) is 14.4 Å². The van der Waals surface area contributed by atoms with Crippen LogP contribution in [0.4, 0.5) is 0 Å². The molecule has 208 valence electrons. The van der Waals surface area contributed by atoms with Crippen LogP contribution in [-0.2, 0) is 19.1 Å². The number of ether oxygens (including phenoxy) is 5. The fourth-order valence-corrected chi connectivity index (χ4v) is 4.10. The number of carbonyl (C=O) groups excluding carboxylic acids is 3. The normalized spacial score (nSPS) is 13.3. The fraction of sp³-hybridized carbons (Fsp3) is 0.400. The molecule has 0 saturated heterocycles. The van der Waals surface area contributed by atoms with Gasteiger partial charge in [-0.25, -0.2) is 4.98 Å². The summed E-state index contributed by atoms with van der Waals surface area (Å²) in [7, 11) is 1.41. The van der Waals surface area contributed by atoms with Crippen LogP contribution in [0.5, 0.6) is 17.2 Å². The predicted molar refractivity (Wildman–Crippen MR) is 145 cm³/mol. The van der Waals surface area contributed by atoms with Crippen molar-refractivity contribution in [2.45, 2.75) is 53.2 Å². The molecule has 0 aliphatic heterocycles. The van der Waals surface area contributed by atoms with Crippen molar-refractivity contribution in [3.05, 3.63) is 60.4 Å². The summed E-state index contributed by atoms with van der Waals surface area (Å²) in [6.07, 6.45) is 0.249. The summed E-state index contributed by atoms with van der Waals surface area (Å²) >= 11 is 0. The summed E-state index contributed by atoms with van der Waals surface area (Å²) in [6, 6.07) is 15.4. The zero-order chi connectivity index (χ0) is 28.5. The fourth-order valence-electron chi connectivity index (χ4n) is 4.10. The molecule has 0 amide bonds. The zero-order valence-corrected chi connectivity index (χ0v) is 23.1. The lowest BCUT2D eigenvalue weighted by Gasteiger charge is -2.29. The summed E-state index contributed by atoms with van der Waals surface area (Å²) in [5.41, 5.74) is -0.0334. The molecule has 3 aromatic rings. The average Bonchev–Trinajstić information content (AvgIpc) is 2.90. The van der Waals surface area contributed by atoms with Gasteiger partial charge in [-0.15, -0.1) is 0 Å². The van der Waals surface area contributed by atoms with Gasteiger partial charge in [-0.05, 0) is 35.7 Å². The summed E-state index contributed by atoms with van der Waals surface area (Å²) in [5.74, 6) is -1.27. The average molecular weight is 538 g/mol. The van der Waals surface area contributed by atoms with Crippen LogP contribution < -0.4 is 14.2 Å². The van der Waals surface area contributed by atoms with Gasteiger partial charge >= 0.3 is 11.9 Å². The number of methoxy groups -OCH3 is 1. The molecule has 1 aromatic heterocycles. The van der Waals surface area contributed by atoms with Crippen molar-refractivity contribution >= 4 is 28.5 Å². The third-order valence-corrected chi connectivity index (χ3v) is 6.13. The summed E-state index contributed by atoms with van der Waals surface area (Å²) < 4.78 is 27.5. The van der Waals surface area contributed by atoms with E-state index in [0.29, 0.717) is 5.75 Å². The molecule has 0 bridgehead atoms. The minimum absolute atomic E-state index is 0.0313. The number of benzene rings is 2. The number of hydrogen-bond acceptors (Lipinski definition) is 9. The standard InChI is InChI=1S/C30H35NO8/c1-18(2)28(39-24-12-11-22-9-7-8-10-23(22)16-24)20(4)38-30(34)19(3)15-25(33)27-29(37-17-36-21(5)32)26(35-6)13-14-31-27/h7-14,16,18-20,28H,15,17H2,1-6H3/t19-,20+,28-/m1/s1. The molecule has 0 aliphatic rings. The molecule has 1 heterocycles. The van der Waals surface area contributed by atoms with Crippen LogP contribution in [0.2, 0.25) is 0 Å². The first-order chi connectivity index (χ1) is 18.6.